The van der Waals surface area contributed by atoms with E-state index in [0.29, 0.717) is 12.4 Å². The van der Waals surface area contributed by atoms with Crippen LogP contribution >= 0.6 is 0 Å². The summed E-state index contributed by atoms with van der Waals surface area (Å²) in [5.74, 6) is 0. The van der Waals surface area contributed by atoms with E-state index in [2.05, 4.69) is 10.3 Å². The second-order valence-electron chi connectivity index (χ2n) is 2.85. The molecule has 1 heterocycles. The Morgan fingerprint density at radius 3 is 3.00 bits per heavy atom. The highest BCUT2D eigenvalue weighted by Gasteiger charge is 2.04. The highest BCUT2D eigenvalue weighted by molar-refractivity contribution is 5.21. The van der Waals surface area contributed by atoms with Gasteiger partial charge in [-0.1, -0.05) is 0 Å². The van der Waals surface area contributed by atoms with E-state index in [4.69, 9.17) is 9.52 Å². The number of aromatic nitrogens is 1. The number of nitrogens with one attached hydrogen (secondary N) is 1. The van der Waals surface area contributed by atoms with Gasteiger partial charge in [0, 0.05) is 12.6 Å². The average Bonchev–Trinajstić information content (AvgIpc) is 2.36. The summed E-state index contributed by atoms with van der Waals surface area (Å²) in [6.07, 6.45) is 2.29. The molecule has 0 radical (unpaired) electrons. The Kier molecular flexibility index (Phi) is 3.10. The lowest BCUT2D eigenvalue weighted by Gasteiger charge is -2.08. The lowest BCUT2D eigenvalue weighted by atomic mass is 10.2. The summed E-state index contributed by atoms with van der Waals surface area (Å²) in [4.78, 5) is 4.07. The molecule has 0 bridgehead atoms. The zero-order chi connectivity index (χ0) is 8.97. The maximum Gasteiger partial charge on any atom is 0.294 e. The number of oxazole rings is 1. The van der Waals surface area contributed by atoms with Gasteiger partial charge < -0.3 is 14.8 Å². The van der Waals surface area contributed by atoms with Crippen LogP contribution in [0.25, 0.3) is 0 Å². The van der Waals surface area contributed by atoms with Gasteiger partial charge in [0.15, 0.2) is 0 Å². The molecule has 0 aliphatic heterocycles. The molecule has 0 aliphatic carbocycles. The van der Waals surface area contributed by atoms with Gasteiger partial charge in [0.2, 0.25) is 0 Å². The molecule has 68 valence electrons. The van der Waals surface area contributed by atoms with Crippen molar-refractivity contribution in [2.75, 3.05) is 11.9 Å². The molecule has 0 amide bonds. The maximum absolute atomic E-state index is 8.63. The lowest BCUT2D eigenvalue weighted by Crippen LogP contribution is -2.16. The van der Waals surface area contributed by atoms with Gasteiger partial charge in [0.25, 0.3) is 6.01 Å². The number of rotatable bonds is 4. The Morgan fingerprint density at radius 2 is 2.50 bits per heavy atom. The smallest absolute Gasteiger partial charge is 0.294 e. The Hall–Kier alpha value is -1.03. The quantitative estimate of drug-likeness (QED) is 0.712. The fraction of sp³-hybridized carbons (Fsp3) is 0.625. The highest BCUT2D eigenvalue weighted by atomic mass is 16.4. The van der Waals surface area contributed by atoms with Gasteiger partial charge in [0.1, 0.15) is 6.26 Å². The van der Waals surface area contributed by atoms with Crippen LogP contribution in [-0.2, 0) is 0 Å². The largest absolute Gasteiger partial charge is 0.432 e. The predicted octanol–water partition coefficient (Wildman–Crippen LogP) is 1.17. The van der Waals surface area contributed by atoms with Gasteiger partial charge in [-0.05, 0) is 20.3 Å². The van der Waals surface area contributed by atoms with E-state index in [1.165, 1.54) is 0 Å². The molecule has 1 atom stereocenters. The van der Waals surface area contributed by atoms with Crippen LogP contribution in [0, 0.1) is 6.92 Å². The van der Waals surface area contributed by atoms with Crippen molar-refractivity contribution < 1.29 is 9.52 Å². The molecule has 4 heteroatoms. The molecule has 1 aromatic heterocycles. The second kappa shape index (κ2) is 4.11. The molecule has 0 fully saturated rings. The minimum Gasteiger partial charge on any atom is -0.432 e. The van der Waals surface area contributed by atoms with Gasteiger partial charge in [-0.25, -0.2) is 0 Å². The third kappa shape index (κ3) is 2.54. The van der Waals surface area contributed by atoms with Gasteiger partial charge in [-0.2, -0.15) is 4.98 Å². The van der Waals surface area contributed by atoms with E-state index in [0.717, 1.165) is 5.69 Å². The number of nitrogens with zero attached hydrogens (tertiary/aromatic N) is 1. The Morgan fingerprint density at radius 1 is 1.75 bits per heavy atom. The second-order valence-corrected chi connectivity index (χ2v) is 2.85. The molecule has 1 unspecified atom stereocenters. The van der Waals surface area contributed by atoms with Gasteiger partial charge in [-0.3, -0.25) is 0 Å². The zero-order valence-corrected chi connectivity index (χ0v) is 7.37. The Labute approximate surface area is 71.6 Å². The van der Waals surface area contributed by atoms with Gasteiger partial charge in [-0.15, -0.1) is 0 Å². The minimum atomic E-state index is 0.174. The van der Waals surface area contributed by atoms with Gasteiger partial charge >= 0.3 is 0 Å². The van der Waals surface area contributed by atoms with Crippen LogP contribution in [0.5, 0.6) is 0 Å². The summed E-state index contributed by atoms with van der Waals surface area (Å²) in [6, 6.07) is 0.710. The van der Waals surface area contributed by atoms with Crippen molar-refractivity contribution in [3.8, 4) is 0 Å². The number of aliphatic hydroxyl groups excluding tert-OH is 1. The minimum absolute atomic E-state index is 0.174. The monoisotopic (exact) mass is 170 g/mol. The molecule has 4 nitrogen and oxygen atoms in total. The van der Waals surface area contributed by atoms with E-state index in [9.17, 15) is 0 Å². The summed E-state index contributed by atoms with van der Waals surface area (Å²) in [5, 5.41) is 11.7. The van der Waals surface area contributed by atoms with Crippen molar-refractivity contribution in [1.29, 1.82) is 0 Å². The highest BCUT2D eigenvalue weighted by Crippen LogP contribution is 2.08. The third-order valence-corrected chi connectivity index (χ3v) is 1.55. The normalized spacial score (nSPS) is 12.9. The van der Waals surface area contributed by atoms with Crippen LogP contribution in [0.4, 0.5) is 6.01 Å². The van der Waals surface area contributed by atoms with E-state index < -0.39 is 0 Å². The van der Waals surface area contributed by atoms with Crippen LogP contribution in [0.2, 0.25) is 0 Å². The first-order valence-electron chi connectivity index (χ1n) is 4.02. The molecule has 2 N–H and O–H groups in total. The summed E-state index contributed by atoms with van der Waals surface area (Å²) >= 11 is 0. The van der Waals surface area contributed by atoms with Crippen molar-refractivity contribution in [1.82, 2.24) is 4.98 Å². The summed E-state index contributed by atoms with van der Waals surface area (Å²) < 4.78 is 5.08. The average molecular weight is 170 g/mol. The fourth-order valence-electron chi connectivity index (χ4n) is 0.897. The predicted molar refractivity (Wildman–Crippen MR) is 46.0 cm³/mol. The molecule has 1 aromatic rings. The number of aryl methyl sites for hydroxylation is 1. The molecule has 0 saturated carbocycles. The van der Waals surface area contributed by atoms with Crippen LogP contribution in [0.1, 0.15) is 19.0 Å². The Bertz CT molecular complexity index is 235. The zero-order valence-electron chi connectivity index (χ0n) is 7.37. The number of hydrogen-bond acceptors (Lipinski definition) is 4. The van der Waals surface area contributed by atoms with E-state index in [1.807, 2.05) is 13.8 Å². The van der Waals surface area contributed by atoms with E-state index >= 15 is 0 Å². The molecule has 0 spiro atoms. The molecule has 12 heavy (non-hydrogen) atoms. The van der Waals surface area contributed by atoms with Crippen molar-refractivity contribution in [2.24, 2.45) is 0 Å². The molecule has 1 rings (SSSR count). The standard InChI is InChI=1S/C8H14N2O2/c1-6(3-4-11)9-8-10-7(2)5-12-8/h5-6,11H,3-4H2,1-2H3,(H,9,10). The SMILES string of the molecule is Cc1coc(NC(C)CCO)n1. The summed E-state index contributed by atoms with van der Waals surface area (Å²) in [6.45, 7) is 4.01. The number of aliphatic hydroxyl groups is 1. The van der Waals surface area contributed by atoms with Crippen LogP contribution in [0.3, 0.4) is 0 Å². The van der Waals surface area contributed by atoms with Crippen LogP contribution < -0.4 is 5.32 Å². The topological polar surface area (TPSA) is 58.3 Å². The van der Waals surface area contributed by atoms with Crippen molar-refractivity contribution in [3.05, 3.63) is 12.0 Å². The van der Waals surface area contributed by atoms with E-state index in [1.54, 1.807) is 6.26 Å². The first-order chi connectivity index (χ1) is 5.72. The fourth-order valence-corrected chi connectivity index (χ4v) is 0.897. The van der Waals surface area contributed by atoms with Crippen molar-refractivity contribution in [2.45, 2.75) is 26.3 Å². The van der Waals surface area contributed by atoms with Crippen molar-refractivity contribution in [3.63, 3.8) is 0 Å². The first-order valence-corrected chi connectivity index (χ1v) is 4.02. The Balaban J connectivity index is 2.41. The van der Waals surface area contributed by atoms with Crippen LogP contribution in [0.15, 0.2) is 10.7 Å². The third-order valence-electron chi connectivity index (χ3n) is 1.55. The lowest BCUT2D eigenvalue weighted by molar-refractivity contribution is 0.281. The molecule has 0 aliphatic rings. The maximum atomic E-state index is 8.63. The van der Waals surface area contributed by atoms with E-state index in [-0.39, 0.29) is 12.6 Å². The number of anilines is 1. The first kappa shape index (κ1) is 9.06. The van der Waals surface area contributed by atoms with Gasteiger partial charge in [0.05, 0.1) is 5.69 Å². The summed E-state index contributed by atoms with van der Waals surface area (Å²) in [5.41, 5.74) is 0.855. The summed E-state index contributed by atoms with van der Waals surface area (Å²) in [7, 11) is 0. The molecular weight excluding hydrogens is 156 g/mol. The van der Waals surface area contributed by atoms with Crippen LogP contribution in [-0.4, -0.2) is 22.7 Å². The van der Waals surface area contributed by atoms with Crippen molar-refractivity contribution >= 4 is 6.01 Å². The molecular formula is C8H14N2O2. The molecule has 0 saturated heterocycles. The molecule has 0 aromatic carbocycles. The number of hydrogen-bond donors (Lipinski definition) is 2.